The molecule has 0 aromatic carbocycles. The van der Waals surface area contributed by atoms with Gasteiger partial charge in [-0.1, -0.05) is 6.92 Å². The van der Waals surface area contributed by atoms with Gasteiger partial charge in [-0.3, -0.25) is 0 Å². The van der Waals surface area contributed by atoms with Gasteiger partial charge in [0, 0.05) is 0 Å². The third-order valence-electron chi connectivity index (χ3n) is 6.03. The maximum atomic E-state index is 2.54. The molecule has 12 heavy (non-hydrogen) atoms. The molecule has 1 spiro atoms. The molecule has 4 fully saturated rings. The van der Waals surface area contributed by atoms with Crippen molar-refractivity contribution < 1.29 is 0 Å². The predicted octanol–water partition coefficient (Wildman–Crippen LogP) is 3.08. The van der Waals surface area contributed by atoms with Crippen LogP contribution in [-0.4, -0.2) is 0 Å². The first kappa shape index (κ1) is 6.45. The van der Waals surface area contributed by atoms with E-state index < -0.39 is 0 Å². The molecule has 0 amide bonds. The Labute approximate surface area is 74.7 Å². The number of hydrogen-bond acceptors (Lipinski definition) is 0. The highest BCUT2D eigenvalue weighted by atomic mass is 14.7. The van der Waals surface area contributed by atoms with Gasteiger partial charge in [-0.25, -0.2) is 0 Å². The van der Waals surface area contributed by atoms with Gasteiger partial charge in [-0.15, -0.1) is 0 Å². The molecular weight excluding hydrogens is 144 g/mol. The van der Waals surface area contributed by atoms with Gasteiger partial charge < -0.3 is 0 Å². The van der Waals surface area contributed by atoms with Crippen molar-refractivity contribution in [1.82, 2.24) is 0 Å². The zero-order valence-electron chi connectivity index (χ0n) is 7.92. The van der Waals surface area contributed by atoms with E-state index in [1.54, 1.807) is 32.1 Å². The van der Waals surface area contributed by atoms with Crippen molar-refractivity contribution >= 4 is 0 Å². The maximum Gasteiger partial charge on any atom is -0.0233 e. The molecule has 6 unspecified atom stereocenters. The summed E-state index contributed by atoms with van der Waals surface area (Å²) < 4.78 is 0. The Morgan fingerprint density at radius 1 is 1.08 bits per heavy atom. The Hall–Kier alpha value is 0. The number of fused-ring (bicyclic) bond motifs is 2. The molecule has 0 aliphatic heterocycles. The highest BCUT2D eigenvalue weighted by molar-refractivity contribution is 5.17. The average Bonchev–Trinajstić information content (AvgIpc) is 2.33. The summed E-state index contributed by atoms with van der Waals surface area (Å²) in [7, 11) is 0. The molecule has 4 aliphatic rings. The minimum absolute atomic E-state index is 0.938. The van der Waals surface area contributed by atoms with Crippen molar-refractivity contribution in [3.8, 4) is 0 Å². The van der Waals surface area contributed by atoms with Crippen LogP contribution in [0.2, 0.25) is 0 Å². The van der Waals surface area contributed by atoms with Crippen molar-refractivity contribution in [3.63, 3.8) is 0 Å². The summed E-state index contributed by atoms with van der Waals surface area (Å²) in [6.45, 7) is 2.54. The zero-order chi connectivity index (χ0) is 7.92. The monoisotopic (exact) mass is 162 g/mol. The SMILES string of the molecule is CC1C2CC3CC4CC1C4(C3)C2. The van der Waals surface area contributed by atoms with Crippen molar-refractivity contribution in [2.75, 3.05) is 0 Å². The van der Waals surface area contributed by atoms with Crippen LogP contribution in [0.25, 0.3) is 0 Å². The standard InChI is InChI=1S/C12H18/c1-7-9-2-8-3-10-4-11(7)12(10,5-8)6-9/h7-11H,2-6H2,1H3. The lowest BCUT2D eigenvalue weighted by molar-refractivity contribution is -0.0147. The quantitative estimate of drug-likeness (QED) is 0.513. The van der Waals surface area contributed by atoms with E-state index in [1.165, 1.54) is 17.8 Å². The van der Waals surface area contributed by atoms with Gasteiger partial charge >= 0.3 is 0 Å². The van der Waals surface area contributed by atoms with E-state index in [-0.39, 0.29) is 0 Å². The molecule has 66 valence electrons. The molecule has 4 saturated carbocycles. The summed E-state index contributed by atoms with van der Waals surface area (Å²) in [5.74, 6) is 5.80. The van der Waals surface area contributed by atoms with Crippen molar-refractivity contribution in [2.24, 2.45) is 35.0 Å². The van der Waals surface area contributed by atoms with Crippen LogP contribution < -0.4 is 0 Å². The summed E-state index contributed by atoms with van der Waals surface area (Å²) >= 11 is 0. The highest BCUT2D eigenvalue weighted by Crippen LogP contribution is 2.76. The first-order chi connectivity index (χ1) is 5.79. The lowest BCUT2D eigenvalue weighted by Gasteiger charge is -2.50. The Balaban J connectivity index is 1.87. The molecule has 4 rings (SSSR count). The van der Waals surface area contributed by atoms with Gasteiger partial charge in [0.2, 0.25) is 0 Å². The Bertz CT molecular complexity index is 244. The van der Waals surface area contributed by atoms with Crippen molar-refractivity contribution in [3.05, 3.63) is 0 Å². The summed E-state index contributed by atoms with van der Waals surface area (Å²) in [4.78, 5) is 0. The Kier molecular flexibility index (Phi) is 0.875. The molecule has 3 bridgehead atoms. The largest absolute Gasteiger partial charge is 0.0620 e. The normalized spacial score (nSPS) is 71.2. The van der Waals surface area contributed by atoms with E-state index in [4.69, 9.17) is 0 Å². The lowest BCUT2D eigenvalue weighted by Crippen LogP contribution is -2.43. The molecule has 0 heterocycles. The summed E-state index contributed by atoms with van der Waals surface area (Å²) in [5.41, 5.74) is 0.938. The summed E-state index contributed by atoms with van der Waals surface area (Å²) in [6, 6.07) is 0. The average molecular weight is 162 g/mol. The third kappa shape index (κ3) is 0.459. The summed E-state index contributed by atoms with van der Waals surface area (Å²) in [5, 5.41) is 0. The Morgan fingerprint density at radius 2 is 2.00 bits per heavy atom. The molecule has 0 aromatic heterocycles. The van der Waals surface area contributed by atoms with Crippen LogP contribution in [-0.2, 0) is 0 Å². The van der Waals surface area contributed by atoms with E-state index in [1.807, 2.05) is 0 Å². The molecule has 0 saturated heterocycles. The first-order valence-corrected chi connectivity index (χ1v) is 5.79. The van der Waals surface area contributed by atoms with Gasteiger partial charge in [-0.2, -0.15) is 0 Å². The molecule has 4 aliphatic carbocycles. The van der Waals surface area contributed by atoms with E-state index >= 15 is 0 Å². The second kappa shape index (κ2) is 1.63. The summed E-state index contributed by atoms with van der Waals surface area (Å²) in [6.07, 6.45) is 8.13. The molecule has 6 atom stereocenters. The van der Waals surface area contributed by atoms with Crippen LogP contribution in [0.15, 0.2) is 0 Å². The highest BCUT2D eigenvalue weighted by Gasteiger charge is 2.68. The predicted molar refractivity (Wildman–Crippen MR) is 48.6 cm³/mol. The maximum absolute atomic E-state index is 2.54. The van der Waals surface area contributed by atoms with Crippen LogP contribution in [0, 0.1) is 35.0 Å². The molecular formula is C12H18. The number of hydrogen-bond donors (Lipinski definition) is 0. The fraction of sp³-hybridized carbons (Fsp3) is 1.00. The fourth-order valence-electron chi connectivity index (χ4n) is 5.64. The lowest BCUT2D eigenvalue weighted by atomic mass is 9.54. The molecule has 0 heteroatoms. The zero-order valence-corrected chi connectivity index (χ0v) is 7.92. The van der Waals surface area contributed by atoms with Gasteiger partial charge in [0.25, 0.3) is 0 Å². The van der Waals surface area contributed by atoms with E-state index in [2.05, 4.69) is 6.92 Å². The van der Waals surface area contributed by atoms with Crippen LogP contribution in [0.3, 0.4) is 0 Å². The molecule has 0 N–H and O–H groups in total. The minimum Gasteiger partial charge on any atom is -0.0620 e. The first-order valence-electron chi connectivity index (χ1n) is 5.79. The second-order valence-corrected chi connectivity index (χ2v) is 6.14. The van der Waals surface area contributed by atoms with Gasteiger partial charge in [0.05, 0.1) is 0 Å². The van der Waals surface area contributed by atoms with Crippen LogP contribution in [0.1, 0.15) is 39.0 Å². The van der Waals surface area contributed by atoms with Crippen LogP contribution in [0.5, 0.6) is 0 Å². The van der Waals surface area contributed by atoms with Crippen LogP contribution >= 0.6 is 0 Å². The second-order valence-electron chi connectivity index (χ2n) is 6.14. The van der Waals surface area contributed by atoms with Crippen molar-refractivity contribution in [2.45, 2.75) is 39.0 Å². The van der Waals surface area contributed by atoms with E-state index in [9.17, 15) is 0 Å². The smallest absolute Gasteiger partial charge is 0.0233 e. The van der Waals surface area contributed by atoms with Gasteiger partial charge in [-0.05, 0) is 67.1 Å². The fourth-order valence-corrected chi connectivity index (χ4v) is 5.64. The van der Waals surface area contributed by atoms with Crippen molar-refractivity contribution in [1.29, 1.82) is 0 Å². The Morgan fingerprint density at radius 3 is 2.92 bits per heavy atom. The van der Waals surface area contributed by atoms with E-state index in [0.29, 0.717) is 0 Å². The van der Waals surface area contributed by atoms with Gasteiger partial charge in [0.15, 0.2) is 0 Å². The molecule has 0 nitrogen and oxygen atoms in total. The molecule has 0 radical (unpaired) electrons. The minimum atomic E-state index is 0.938. The topological polar surface area (TPSA) is 0 Å². The van der Waals surface area contributed by atoms with Crippen LogP contribution in [0.4, 0.5) is 0 Å². The number of rotatable bonds is 0. The molecule has 0 aromatic rings. The van der Waals surface area contributed by atoms with Gasteiger partial charge in [0.1, 0.15) is 0 Å². The third-order valence-corrected chi connectivity index (χ3v) is 6.03. The van der Waals surface area contributed by atoms with E-state index in [0.717, 1.165) is 17.3 Å².